The van der Waals surface area contributed by atoms with Crippen molar-refractivity contribution in [3.63, 3.8) is 0 Å². The molecule has 1 aromatic rings. The molecule has 68 valence electrons. The van der Waals surface area contributed by atoms with E-state index in [1.54, 1.807) is 12.1 Å². The highest BCUT2D eigenvalue weighted by atomic mass is 19.1. The van der Waals surface area contributed by atoms with Crippen molar-refractivity contribution in [2.75, 3.05) is 18.5 Å². The Bertz CT molecular complexity index is 297. The Balaban J connectivity index is 2.62. The van der Waals surface area contributed by atoms with E-state index in [1.807, 2.05) is 11.9 Å². The SMILES string of the molecule is C#CCCN(C)c1ccc(F)cc1. The van der Waals surface area contributed by atoms with E-state index in [-0.39, 0.29) is 5.82 Å². The van der Waals surface area contributed by atoms with Crippen LogP contribution in [0.5, 0.6) is 0 Å². The zero-order chi connectivity index (χ0) is 9.68. The predicted molar refractivity (Wildman–Crippen MR) is 53.1 cm³/mol. The van der Waals surface area contributed by atoms with Crippen LogP contribution in [-0.4, -0.2) is 13.6 Å². The number of benzene rings is 1. The minimum atomic E-state index is -0.214. The van der Waals surface area contributed by atoms with Crippen molar-refractivity contribution < 1.29 is 4.39 Å². The monoisotopic (exact) mass is 177 g/mol. The van der Waals surface area contributed by atoms with Gasteiger partial charge in [-0.05, 0) is 24.3 Å². The normalized spacial score (nSPS) is 9.31. The van der Waals surface area contributed by atoms with Crippen LogP contribution in [0, 0.1) is 18.2 Å². The smallest absolute Gasteiger partial charge is 0.123 e. The number of halogens is 1. The van der Waals surface area contributed by atoms with E-state index in [0.29, 0.717) is 6.42 Å². The fourth-order valence-corrected chi connectivity index (χ4v) is 1.06. The Labute approximate surface area is 78.2 Å². The Morgan fingerprint density at radius 1 is 1.38 bits per heavy atom. The van der Waals surface area contributed by atoms with Gasteiger partial charge in [-0.1, -0.05) is 0 Å². The molecule has 0 aliphatic heterocycles. The standard InChI is InChI=1S/C11H12FN/c1-3-4-9-13(2)11-7-5-10(12)6-8-11/h1,5-8H,4,9H2,2H3. The molecule has 0 aliphatic rings. The summed E-state index contributed by atoms with van der Waals surface area (Å²) >= 11 is 0. The Hall–Kier alpha value is -1.49. The third-order valence-electron chi connectivity index (χ3n) is 1.86. The van der Waals surface area contributed by atoms with Crippen LogP contribution in [0.1, 0.15) is 6.42 Å². The Morgan fingerprint density at radius 2 is 2.00 bits per heavy atom. The highest BCUT2D eigenvalue weighted by Gasteiger charge is 1.98. The van der Waals surface area contributed by atoms with E-state index in [1.165, 1.54) is 12.1 Å². The van der Waals surface area contributed by atoms with E-state index in [4.69, 9.17) is 6.42 Å². The molecule has 2 heteroatoms. The van der Waals surface area contributed by atoms with E-state index >= 15 is 0 Å². The molecule has 1 rings (SSSR count). The van der Waals surface area contributed by atoms with Gasteiger partial charge in [-0.3, -0.25) is 0 Å². The first-order valence-corrected chi connectivity index (χ1v) is 4.14. The van der Waals surface area contributed by atoms with Crippen LogP contribution in [0.2, 0.25) is 0 Å². The third kappa shape index (κ3) is 2.79. The highest BCUT2D eigenvalue weighted by Crippen LogP contribution is 2.12. The quantitative estimate of drug-likeness (QED) is 0.640. The van der Waals surface area contributed by atoms with Crippen LogP contribution in [0.15, 0.2) is 24.3 Å². The fourth-order valence-electron chi connectivity index (χ4n) is 1.06. The van der Waals surface area contributed by atoms with E-state index in [2.05, 4.69) is 5.92 Å². The molecule has 0 amide bonds. The number of nitrogens with zero attached hydrogens (tertiary/aromatic N) is 1. The van der Waals surface area contributed by atoms with Gasteiger partial charge in [0.2, 0.25) is 0 Å². The number of hydrogen-bond donors (Lipinski definition) is 0. The summed E-state index contributed by atoms with van der Waals surface area (Å²) in [5.41, 5.74) is 0.983. The summed E-state index contributed by atoms with van der Waals surface area (Å²) in [6.45, 7) is 0.794. The van der Waals surface area contributed by atoms with Gasteiger partial charge in [0.05, 0.1) is 0 Å². The maximum absolute atomic E-state index is 12.6. The number of rotatable bonds is 3. The van der Waals surface area contributed by atoms with Crippen LogP contribution < -0.4 is 4.90 Å². The molecule has 0 aliphatic carbocycles. The lowest BCUT2D eigenvalue weighted by atomic mass is 10.3. The molecule has 0 saturated heterocycles. The first-order valence-electron chi connectivity index (χ1n) is 4.14. The summed E-state index contributed by atoms with van der Waals surface area (Å²) < 4.78 is 12.6. The lowest BCUT2D eigenvalue weighted by Gasteiger charge is -2.17. The zero-order valence-electron chi connectivity index (χ0n) is 7.63. The molecule has 0 unspecified atom stereocenters. The molecule has 1 nitrogen and oxygen atoms in total. The molecule has 0 radical (unpaired) electrons. The minimum Gasteiger partial charge on any atom is -0.374 e. The highest BCUT2D eigenvalue weighted by molar-refractivity contribution is 5.45. The van der Waals surface area contributed by atoms with Gasteiger partial charge in [-0.25, -0.2) is 4.39 Å². The van der Waals surface area contributed by atoms with Crippen molar-refractivity contribution in [1.29, 1.82) is 0 Å². The molecule has 0 bridgehead atoms. The second-order valence-electron chi connectivity index (χ2n) is 2.85. The zero-order valence-corrected chi connectivity index (χ0v) is 7.63. The molecular weight excluding hydrogens is 165 g/mol. The number of hydrogen-bond acceptors (Lipinski definition) is 1. The minimum absolute atomic E-state index is 0.214. The summed E-state index contributed by atoms with van der Waals surface area (Å²) in [5, 5.41) is 0. The molecule has 0 spiro atoms. The van der Waals surface area contributed by atoms with Gasteiger partial charge in [0, 0.05) is 25.7 Å². The van der Waals surface area contributed by atoms with Crippen LogP contribution in [0.4, 0.5) is 10.1 Å². The summed E-state index contributed by atoms with van der Waals surface area (Å²) in [5.74, 6) is 2.35. The summed E-state index contributed by atoms with van der Waals surface area (Å²) in [6.07, 6.45) is 5.84. The topological polar surface area (TPSA) is 3.24 Å². The van der Waals surface area contributed by atoms with E-state index in [9.17, 15) is 4.39 Å². The lowest BCUT2D eigenvalue weighted by Crippen LogP contribution is -2.17. The molecule has 0 aromatic heterocycles. The molecule has 0 atom stereocenters. The van der Waals surface area contributed by atoms with Gasteiger partial charge in [0.15, 0.2) is 0 Å². The second-order valence-corrected chi connectivity index (χ2v) is 2.85. The average molecular weight is 177 g/mol. The van der Waals surface area contributed by atoms with Crippen LogP contribution in [0.3, 0.4) is 0 Å². The first-order chi connectivity index (χ1) is 6.24. The maximum Gasteiger partial charge on any atom is 0.123 e. The van der Waals surface area contributed by atoms with Crippen LogP contribution in [-0.2, 0) is 0 Å². The number of terminal acetylenes is 1. The average Bonchev–Trinajstić information content (AvgIpc) is 2.15. The molecule has 13 heavy (non-hydrogen) atoms. The molecule has 0 heterocycles. The van der Waals surface area contributed by atoms with Crippen LogP contribution in [0.25, 0.3) is 0 Å². The summed E-state index contributed by atoms with van der Waals surface area (Å²) in [6, 6.07) is 6.38. The molecular formula is C11H12FN. The largest absolute Gasteiger partial charge is 0.374 e. The molecule has 0 N–H and O–H groups in total. The van der Waals surface area contributed by atoms with Crippen molar-refractivity contribution in [3.8, 4) is 12.3 Å². The predicted octanol–water partition coefficient (Wildman–Crippen LogP) is 2.29. The first kappa shape index (κ1) is 9.60. The van der Waals surface area contributed by atoms with Gasteiger partial charge in [-0.15, -0.1) is 12.3 Å². The van der Waals surface area contributed by atoms with Gasteiger partial charge < -0.3 is 4.90 Å². The molecule has 0 fully saturated rings. The van der Waals surface area contributed by atoms with Crippen molar-refractivity contribution in [1.82, 2.24) is 0 Å². The van der Waals surface area contributed by atoms with Crippen molar-refractivity contribution in [2.24, 2.45) is 0 Å². The van der Waals surface area contributed by atoms with Gasteiger partial charge in [-0.2, -0.15) is 0 Å². The summed E-state index contributed by atoms with van der Waals surface area (Å²) in [7, 11) is 1.94. The maximum atomic E-state index is 12.6. The summed E-state index contributed by atoms with van der Waals surface area (Å²) in [4.78, 5) is 2.00. The number of anilines is 1. The van der Waals surface area contributed by atoms with Crippen molar-refractivity contribution >= 4 is 5.69 Å². The molecule has 0 saturated carbocycles. The Morgan fingerprint density at radius 3 is 2.54 bits per heavy atom. The third-order valence-corrected chi connectivity index (χ3v) is 1.86. The van der Waals surface area contributed by atoms with Crippen LogP contribution >= 0.6 is 0 Å². The van der Waals surface area contributed by atoms with Gasteiger partial charge in [0.25, 0.3) is 0 Å². The van der Waals surface area contributed by atoms with Crippen molar-refractivity contribution in [3.05, 3.63) is 30.1 Å². The van der Waals surface area contributed by atoms with Crippen molar-refractivity contribution in [2.45, 2.75) is 6.42 Å². The molecule has 1 aromatic carbocycles. The fraction of sp³-hybridized carbons (Fsp3) is 0.273. The lowest BCUT2D eigenvalue weighted by molar-refractivity contribution is 0.627. The Kier molecular flexibility index (Phi) is 3.33. The van der Waals surface area contributed by atoms with E-state index in [0.717, 1.165) is 12.2 Å². The van der Waals surface area contributed by atoms with Gasteiger partial charge in [0.1, 0.15) is 5.82 Å². The second kappa shape index (κ2) is 4.51. The van der Waals surface area contributed by atoms with Gasteiger partial charge >= 0.3 is 0 Å². The van der Waals surface area contributed by atoms with E-state index < -0.39 is 0 Å².